The van der Waals surface area contributed by atoms with Gasteiger partial charge >= 0.3 is 42.4 Å². The van der Waals surface area contributed by atoms with Crippen molar-refractivity contribution in [3.63, 3.8) is 0 Å². The Morgan fingerprint density at radius 3 is 1.27 bits per heavy atom. The van der Waals surface area contributed by atoms with Crippen LogP contribution in [0.4, 0.5) is 13.2 Å². The molecular weight excluding hydrogens is 546 g/mol. The Balaban J connectivity index is 0. The molecule has 0 saturated heterocycles. The third-order valence-corrected chi connectivity index (χ3v) is 20.5. The maximum atomic E-state index is 12.4. The third-order valence-electron chi connectivity index (χ3n) is 3.43. The van der Waals surface area contributed by atoms with Crippen LogP contribution < -0.4 is 0 Å². The van der Waals surface area contributed by atoms with Gasteiger partial charge in [0.05, 0.1) is 0 Å². The van der Waals surface area contributed by atoms with Crippen LogP contribution in [0.3, 0.4) is 0 Å². The van der Waals surface area contributed by atoms with E-state index >= 15 is 0 Å². The molecule has 0 radical (unpaired) electrons. The standard InChI is InChI=1S/C9H23F3O4Si3.C7H22O4Si3/c1-13-17(14-2)15-19(6,16-18(3,4)5)8-7-9(10,11)12;1-8-12(9-2)10-14(6,7)11-13(3,4)5/h17H,7-8H2,1-6H3;12H,1-7H3. The molecule has 1 atom stereocenters. The summed E-state index contributed by atoms with van der Waals surface area (Å²) in [6.45, 7) is 17.9. The minimum Gasteiger partial charge on any atom is -0.437 e. The first-order chi connectivity index (χ1) is 14.6. The molecule has 17 heteroatoms. The van der Waals surface area contributed by atoms with Crippen LogP contribution in [0.2, 0.25) is 65.0 Å². The molecule has 0 N–H and O–H groups in total. The molecule has 0 amide bonds. The van der Waals surface area contributed by atoms with Gasteiger partial charge in [-0.1, -0.05) is 0 Å². The number of hydrogen-bond donors (Lipinski definition) is 0. The van der Waals surface area contributed by atoms with Crippen LogP contribution >= 0.6 is 0 Å². The fraction of sp³-hybridized carbons (Fsp3) is 1.00. The van der Waals surface area contributed by atoms with Gasteiger partial charge in [-0.25, -0.2) is 0 Å². The summed E-state index contributed by atoms with van der Waals surface area (Å²) in [6, 6.07) is -0.142. The second kappa shape index (κ2) is 15.1. The molecule has 0 aromatic rings. The molecule has 1 unspecified atom stereocenters. The molecule has 0 bridgehead atoms. The summed E-state index contributed by atoms with van der Waals surface area (Å²) in [4.78, 5) is 0. The van der Waals surface area contributed by atoms with Crippen LogP contribution in [-0.4, -0.2) is 87.4 Å². The van der Waals surface area contributed by atoms with Gasteiger partial charge in [0.15, 0.2) is 16.6 Å². The highest BCUT2D eigenvalue weighted by atomic mass is 28.5. The van der Waals surface area contributed by atoms with E-state index in [0.29, 0.717) is 0 Å². The highest BCUT2D eigenvalue weighted by molar-refractivity contribution is 6.84. The van der Waals surface area contributed by atoms with Crippen LogP contribution in [0, 0.1) is 0 Å². The van der Waals surface area contributed by atoms with Gasteiger partial charge in [0.25, 0.3) is 0 Å². The predicted octanol–water partition coefficient (Wildman–Crippen LogP) is 4.46. The fourth-order valence-electron chi connectivity index (χ4n) is 2.73. The van der Waals surface area contributed by atoms with E-state index in [2.05, 4.69) is 19.6 Å². The average Bonchev–Trinajstić information content (AvgIpc) is 2.59. The summed E-state index contributed by atoms with van der Waals surface area (Å²) >= 11 is 0. The van der Waals surface area contributed by atoms with Gasteiger partial charge in [-0.2, -0.15) is 13.2 Å². The predicted molar refractivity (Wildman–Crippen MR) is 138 cm³/mol. The van der Waals surface area contributed by atoms with Crippen LogP contribution in [0.25, 0.3) is 0 Å². The zero-order chi connectivity index (χ0) is 26.7. The van der Waals surface area contributed by atoms with E-state index < -0.39 is 65.4 Å². The van der Waals surface area contributed by atoms with Gasteiger partial charge in [0, 0.05) is 34.9 Å². The van der Waals surface area contributed by atoms with Crippen LogP contribution in [0.1, 0.15) is 6.42 Å². The van der Waals surface area contributed by atoms with Crippen molar-refractivity contribution in [3.8, 4) is 0 Å². The molecule has 8 nitrogen and oxygen atoms in total. The van der Waals surface area contributed by atoms with Crippen molar-refractivity contribution in [1.29, 1.82) is 0 Å². The van der Waals surface area contributed by atoms with E-state index in [0.717, 1.165) is 0 Å². The fourth-order valence-corrected chi connectivity index (χ4v) is 22.1. The number of rotatable bonds is 14. The van der Waals surface area contributed by atoms with Crippen molar-refractivity contribution in [3.05, 3.63) is 0 Å². The Labute approximate surface area is 206 Å². The second-order valence-corrected chi connectivity index (χ2v) is 30.4. The minimum atomic E-state index is -4.21. The zero-order valence-electron chi connectivity index (χ0n) is 22.5. The summed E-state index contributed by atoms with van der Waals surface area (Å²) in [5.41, 5.74) is 0. The van der Waals surface area contributed by atoms with Crippen molar-refractivity contribution >= 4 is 52.8 Å². The van der Waals surface area contributed by atoms with Gasteiger partial charge in [-0.15, -0.1) is 0 Å². The minimum absolute atomic E-state index is 0.142. The normalized spacial score (nSPS) is 15.5. The zero-order valence-corrected chi connectivity index (χ0v) is 28.8. The largest absolute Gasteiger partial charge is 0.474 e. The van der Waals surface area contributed by atoms with E-state index in [-0.39, 0.29) is 6.04 Å². The Kier molecular flexibility index (Phi) is 16.5. The van der Waals surface area contributed by atoms with Gasteiger partial charge in [0.1, 0.15) is 0 Å². The van der Waals surface area contributed by atoms with Gasteiger partial charge < -0.3 is 34.2 Å². The molecule has 0 aliphatic carbocycles. The van der Waals surface area contributed by atoms with Crippen LogP contribution in [0.5, 0.6) is 0 Å². The summed E-state index contributed by atoms with van der Waals surface area (Å²) in [5.74, 6) is 0. The lowest BCUT2D eigenvalue weighted by Crippen LogP contribution is -2.51. The highest BCUT2D eigenvalue weighted by Gasteiger charge is 2.43. The monoisotopic (exact) mass is 590 g/mol. The first-order valence-electron chi connectivity index (χ1n) is 10.5. The van der Waals surface area contributed by atoms with Gasteiger partial charge in [0.2, 0.25) is 0 Å². The van der Waals surface area contributed by atoms with E-state index in [1.165, 1.54) is 14.2 Å². The first-order valence-corrected chi connectivity index (χ1v) is 25.5. The molecule has 0 aromatic carbocycles. The van der Waals surface area contributed by atoms with Crippen molar-refractivity contribution in [2.24, 2.45) is 0 Å². The Morgan fingerprint density at radius 2 is 0.970 bits per heavy atom. The molecule has 0 heterocycles. The summed E-state index contributed by atoms with van der Waals surface area (Å²) < 4.78 is 80.7. The number of halogens is 3. The molecule has 0 aliphatic heterocycles. The molecule has 0 saturated carbocycles. The van der Waals surface area contributed by atoms with E-state index in [9.17, 15) is 13.2 Å². The Hall–Kier alpha value is 0.771. The number of hydrogen-bond acceptors (Lipinski definition) is 8. The maximum Gasteiger partial charge on any atom is 0.474 e. The topological polar surface area (TPSA) is 73.8 Å². The SMILES string of the molecule is CO[SiH](OC)O[Si](C)(C)O[Si](C)(C)C.CO[SiH](OC)O[Si](C)(CCC(F)(F)F)O[Si](C)(C)C. The molecule has 0 aliphatic rings. The lowest BCUT2D eigenvalue weighted by atomic mass is 10.5. The lowest BCUT2D eigenvalue weighted by molar-refractivity contribution is -0.131. The molecule has 0 fully saturated rings. The molecule has 33 heavy (non-hydrogen) atoms. The van der Waals surface area contributed by atoms with Gasteiger partial charge in [-0.3, -0.25) is 0 Å². The van der Waals surface area contributed by atoms with Crippen molar-refractivity contribution in [2.75, 3.05) is 28.4 Å². The molecule has 0 aromatic heterocycles. The molecular formula is C16H45F3O8Si6. The first kappa shape index (κ1) is 35.9. The maximum absolute atomic E-state index is 12.4. The molecule has 202 valence electrons. The van der Waals surface area contributed by atoms with E-state index in [1.807, 2.05) is 32.7 Å². The van der Waals surface area contributed by atoms with Crippen molar-refractivity contribution in [2.45, 2.75) is 77.6 Å². The third kappa shape index (κ3) is 21.8. The second-order valence-electron chi connectivity index (χ2n) is 9.83. The van der Waals surface area contributed by atoms with Crippen LogP contribution in [0.15, 0.2) is 0 Å². The Bertz CT molecular complexity index is 526. The summed E-state index contributed by atoms with van der Waals surface area (Å²) in [5, 5.41) is 0. The smallest absolute Gasteiger partial charge is 0.437 e. The highest BCUT2D eigenvalue weighted by Crippen LogP contribution is 2.29. The summed E-state index contributed by atoms with van der Waals surface area (Å²) in [6.07, 6.45) is -5.12. The van der Waals surface area contributed by atoms with Crippen molar-refractivity contribution in [1.82, 2.24) is 0 Å². The number of alkyl halides is 3. The molecule has 0 spiro atoms. The van der Waals surface area contributed by atoms with Gasteiger partial charge in [-0.05, 0) is 65.0 Å². The summed E-state index contributed by atoms with van der Waals surface area (Å²) in [7, 11) is -6.83. The Morgan fingerprint density at radius 1 is 0.606 bits per heavy atom. The van der Waals surface area contributed by atoms with Crippen molar-refractivity contribution < 1.29 is 47.3 Å². The molecule has 0 rings (SSSR count). The van der Waals surface area contributed by atoms with E-state index in [1.54, 1.807) is 20.8 Å². The average molecular weight is 591 g/mol. The van der Waals surface area contributed by atoms with E-state index in [4.69, 9.17) is 34.2 Å². The van der Waals surface area contributed by atoms with Crippen LogP contribution in [-0.2, 0) is 34.2 Å². The lowest BCUT2D eigenvalue weighted by Gasteiger charge is -2.35. The quantitative estimate of drug-likeness (QED) is 0.275.